The number of benzene rings is 2. The van der Waals surface area contributed by atoms with Gasteiger partial charge in [0, 0.05) is 5.92 Å². The zero-order chi connectivity index (χ0) is 21.7. The molecule has 31 heavy (non-hydrogen) atoms. The Hall–Kier alpha value is -2.82. The Morgan fingerprint density at radius 3 is 1.84 bits per heavy atom. The van der Waals surface area contributed by atoms with E-state index in [-0.39, 0.29) is 12.5 Å². The Labute approximate surface area is 183 Å². The molecule has 0 bridgehead atoms. The van der Waals surface area contributed by atoms with Gasteiger partial charge >= 0.3 is 6.09 Å². The maximum absolute atomic E-state index is 12.7. The quantitative estimate of drug-likeness (QED) is 0.788. The van der Waals surface area contributed by atoms with Crippen molar-refractivity contribution in [1.82, 2.24) is 5.32 Å². The number of carbonyl (C=O) groups excluding carboxylic acids is 2. The Kier molecular flexibility index (Phi) is 6.59. The lowest BCUT2D eigenvalue weighted by Gasteiger charge is -2.36. The molecule has 0 unspecified atom stereocenters. The van der Waals surface area contributed by atoms with Crippen molar-refractivity contribution in [2.75, 3.05) is 6.61 Å². The molecule has 1 N–H and O–H groups in total. The normalized spacial score (nSPS) is 18.5. The van der Waals surface area contributed by atoms with Crippen molar-refractivity contribution in [1.29, 1.82) is 0 Å². The molecule has 2 aliphatic rings. The second-order valence-corrected chi connectivity index (χ2v) is 8.79. The van der Waals surface area contributed by atoms with E-state index in [1.54, 1.807) is 0 Å². The zero-order valence-electron chi connectivity index (χ0n) is 17.9. The highest BCUT2D eigenvalue weighted by Gasteiger charge is 2.35. The average Bonchev–Trinajstić information content (AvgIpc) is 3.10. The van der Waals surface area contributed by atoms with Gasteiger partial charge in [0.05, 0.1) is 11.5 Å². The topological polar surface area (TPSA) is 78.5 Å². The molecule has 164 valence electrons. The number of hydrogen-bond acceptors (Lipinski definition) is 4. The summed E-state index contributed by atoms with van der Waals surface area (Å²) in [5, 5.41) is 14.8. The lowest BCUT2D eigenvalue weighted by Crippen LogP contribution is -2.60. The first kappa shape index (κ1) is 21.4. The molecule has 1 amide bonds. The predicted molar refractivity (Wildman–Crippen MR) is 117 cm³/mol. The van der Waals surface area contributed by atoms with Crippen molar-refractivity contribution < 1.29 is 19.4 Å². The van der Waals surface area contributed by atoms with Gasteiger partial charge in [0.2, 0.25) is 0 Å². The second kappa shape index (κ2) is 9.54. The number of ether oxygens (including phenoxy) is 1. The zero-order valence-corrected chi connectivity index (χ0v) is 17.9. The van der Waals surface area contributed by atoms with E-state index < -0.39 is 17.6 Å². The molecule has 1 fully saturated rings. The van der Waals surface area contributed by atoms with Gasteiger partial charge in [-0.15, -0.1) is 0 Å². The number of fused-ring (bicyclic) bond motifs is 3. The van der Waals surface area contributed by atoms with Crippen LogP contribution in [0.1, 0.15) is 74.8 Å². The molecule has 2 aliphatic carbocycles. The monoisotopic (exact) mass is 420 g/mol. The molecule has 5 heteroatoms. The standard InChI is InChI=1S/C26H31NO4/c28-24(29)26(16-10-4-2-1-3-5-11-17-26)27-25(30)31-18-23-21-14-8-6-12-19(21)20-13-7-9-15-22(20)23/h6-9,12-15,23H,1-5,10-11,16-18H2,(H,27,30)(H,28,29)/p-1. The van der Waals surface area contributed by atoms with Gasteiger partial charge in [-0.25, -0.2) is 4.79 Å². The highest BCUT2D eigenvalue weighted by atomic mass is 16.5. The van der Waals surface area contributed by atoms with Crippen LogP contribution in [0.3, 0.4) is 0 Å². The van der Waals surface area contributed by atoms with Crippen LogP contribution >= 0.6 is 0 Å². The minimum atomic E-state index is -1.35. The number of rotatable bonds is 4. The van der Waals surface area contributed by atoms with Crippen LogP contribution < -0.4 is 10.4 Å². The third kappa shape index (κ3) is 4.60. The Balaban J connectivity index is 1.46. The summed E-state index contributed by atoms with van der Waals surface area (Å²) in [7, 11) is 0. The summed E-state index contributed by atoms with van der Waals surface area (Å²) in [6.07, 6.45) is 6.97. The molecule has 0 aromatic heterocycles. The smallest absolute Gasteiger partial charge is 0.407 e. The van der Waals surface area contributed by atoms with Crippen LogP contribution in [0, 0.1) is 0 Å². The molecule has 5 nitrogen and oxygen atoms in total. The molecular formula is C26H30NO4-. The highest BCUT2D eigenvalue weighted by Crippen LogP contribution is 2.44. The first-order valence-corrected chi connectivity index (χ1v) is 11.5. The van der Waals surface area contributed by atoms with Gasteiger partial charge in [-0.3, -0.25) is 0 Å². The minimum absolute atomic E-state index is 0.0545. The summed E-state index contributed by atoms with van der Waals surface area (Å²) in [5.74, 6) is -1.26. The summed E-state index contributed by atoms with van der Waals surface area (Å²) in [5.41, 5.74) is 3.23. The Morgan fingerprint density at radius 2 is 1.32 bits per heavy atom. The SMILES string of the molecule is O=C(NC1(C(=O)[O-])CCCCCCCCC1)OCC1c2ccccc2-c2ccccc21. The molecule has 0 radical (unpaired) electrons. The third-order valence-electron chi connectivity index (χ3n) is 6.78. The van der Waals surface area contributed by atoms with Crippen LogP contribution in [-0.4, -0.2) is 24.2 Å². The van der Waals surface area contributed by atoms with E-state index >= 15 is 0 Å². The van der Waals surface area contributed by atoms with Gasteiger partial charge < -0.3 is 20.0 Å². The fraction of sp³-hybridized carbons (Fsp3) is 0.462. The molecule has 0 heterocycles. The van der Waals surface area contributed by atoms with Gasteiger partial charge in [0.1, 0.15) is 6.61 Å². The third-order valence-corrected chi connectivity index (χ3v) is 6.78. The van der Waals surface area contributed by atoms with Gasteiger partial charge in [-0.1, -0.05) is 93.5 Å². The van der Waals surface area contributed by atoms with Crippen molar-refractivity contribution in [2.45, 2.75) is 69.2 Å². The van der Waals surface area contributed by atoms with E-state index in [4.69, 9.17) is 4.74 Å². The number of nitrogens with one attached hydrogen (secondary N) is 1. The lowest BCUT2D eigenvalue weighted by atomic mass is 9.85. The van der Waals surface area contributed by atoms with E-state index in [0.29, 0.717) is 12.8 Å². The van der Waals surface area contributed by atoms with Crippen LogP contribution in [0.4, 0.5) is 4.79 Å². The first-order chi connectivity index (χ1) is 15.1. The number of alkyl carbamates (subject to hydrolysis) is 1. The van der Waals surface area contributed by atoms with E-state index in [1.165, 1.54) is 6.42 Å². The van der Waals surface area contributed by atoms with Gasteiger partial charge in [0.15, 0.2) is 0 Å². The fourth-order valence-corrected chi connectivity index (χ4v) is 5.07. The molecule has 2 aromatic rings. The van der Waals surface area contributed by atoms with E-state index in [9.17, 15) is 14.7 Å². The summed E-state index contributed by atoms with van der Waals surface area (Å²) in [6, 6.07) is 16.3. The summed E-state index contributed by atoms with van der Waals surface area (Å²) in [6.45, 7) is 0.170. The minimum Gasteiger partial charge on any atom is -0.548 e. The van der Waals surface area contributed by atoms with Crippen molar-refractivity contribution in [3.05, 3.63) is 59.7 Å². The number of hydrogen-bond donors (Lipinski definition) is 1. The second-order valence-electron chi connectivity index (χ2n) is 8.79. The summed E-state index contributed by atoms with van der Waals surface area (Å²) in [4.78, 5) is 24.8. The van der Waals surface area contributed by atoms with Gasteiger partial charge in [-0.05, 0) is 35.1 Å². The number of carboxylic acid groups (broad SMARTS) is 1. The Bertz CT molecular complexity index is 883. The molecule has 0 aliphatic heterocycles. The van der Waals surface area contributed by atoms with Crippen LogP contribution in [0.2, 0.25) is 0 Å². The summed E-state index contributed by atoms with van der Waals surface area (Å²) >= 11 is 0. The molecule has 0 saturated heterocycles. The van der Waals surface area contributed by atoms with Crippen LogP contribution in [0.15, 0.2) is 48.5 Å². The molecular weight excluding hydrogens is 390 g/mol. The summed E-state index contributed by atoms with van der Waals surface area (Å²) < 4.78 is 5.60. The fourth-order valence-electron chi connectivity index (χ4n) is 5.07. The molecule has 0 spiro atoms. The number of aliphatic carboxylic acids is 1. The van der Waals surface area contributed by atoms with Crippen LogP contribution in [0.25, 0.3) is 11.1 Å². The number of carbonyl (C=O) groups is 2. The average molecular weight is 421 g/mol. The maximum Gasteiger partial charge on any atom is 0.407 e. The van der Waals surface area contributed by atoms with E-state index in [2.05, 4.69) is 29.6 Å². The van der Waals surface area contributed by atoms with Crippen molar-refractivity contribution in [3.63, 3.8) is 0 Å². The molecule has 1 saturated carbocycles. The van der Waals surface area contributed by atoms with Gasteiger partial charge in [-0.2, -0.15) is 0 Å². The van der Waals surface area contributed by atoms with Crippen LogP contribution in [0.5, 0.6) is 0 Å². The highest BCUT2D eigenvalue weighted by molar-refractivity contribution is 5.83. The van der Waals surface area contributed by atoms with Crippen molar-refractivity contribution in [2.24, 2.45) is 0 Å². The van der Waals surface area contributed by atoms with Crippen molar-refractivity contribution in [3.8, 4) is 11.1 Å². The van der Waals surface area contributed by atoms with E-state index in [0.717, 1.165) is 60.8 Å². The lowest BCUT2D eigenvalue weighted by molar-refractivity contribution is -0.315. The first-order valence-electron chi connectivity index (χ1n) is 11.5. The van der Waals surface area contributed by atoms with Gasteiger partial charge in [0.25, 0.3) is 0 Å². The number of carboxylic acids is 1. The predicted octanol–water partition coefficient (Wildman–Crippen LogP) is 4.54. The van der Waals surface area contributed by atoms with Crippen LogP contribution in [-0.2, 0) is 9.53 Å². The maximum atomic E-state index is 12.7. The molecule has 2 aromatic carbocycles. The number of amides is 1. The molecule has 0 atom stereocenters. The molecule has 4 rings (SSSR count). The Morgan fingerprint density at radius 1 is 0.839 bits per heavy atom. The largest absolute Gasteiger partial charge is 0.548 e. The van der Waals surface area contributed by atoms with E-state index in [1.807, 2.05) is 24.3 Å². The van der Waals surface area contributed by atoms with Crippen molar-refractivity contribution >= 4 is 12.1 Å².